The zero-order valence-corrected chi connectivity index (χ0v) is 11.6. The van der Waals surface area contributed by atoms with Crippen molar-refractivity contribution in [2.75, 3.05) is 0 Å². The second kappa shape index (κ2) is 4.45. The van der Waals surface area contributed by atoms with E-state index in [9.17, 15) is 4.79 Å². The molecule has 0 aliphatic carbocycles. The molecule has 0 unspecified atom stereocenters. The van der Waals surface area contributed by atoms with Crippen LogP contribution in [-0.4, -0.2) is 9.97 Å². The standard InChI is InChI=1S/C13H13BrN2O/c1-7-4-5-10(11(14)6-7)12-15-9(3)8(2)13(17)16-12/h4-6H,1-3H3,(H,15,16,17). The summed E-state index contributed by atoms with van der Waals surface area (Å²) in [5.41, 5.74) is 3.40. The molecule has 1 aromatic heterocycles. The first-order valence-corrected chi connectivity index (χ1v) is 6.12. The Balaban J connectivity index is 2.65. The van der Waals surface area contributed by atoms with E-state index >= 15 is 0 Å². The highest BCUT2D eigenvalue weighted by molar-refractivity contribution is 9.10. The molecule has 2 rings (SSSR count). The fourth-order valence-corrected chi connectivity index (χ4v) is 2.27. The second-order valence-electron chi connectivity index (χ2n) is 4.11. The van der Waals surface area contributed by atoms with Crippen LogP contribution in [0.3, 0.4) is 0 Å². The van der Waals surface area contributed by atoms with Crippen molar-refractivity contribution in [3.8, 4) is 11.4 Å². The van der Waals surface area contributed by atoms with Crippen molar-refractivity contribution in [2.24, 2.45) is 0 Å². The summed E-state index contributed by atoms with van der Waals surface area (Å²) >= 11 is 3.49. The topological polar surface area (TPSA) is 45.8 Å². The SMILES string of the molecule is Cc1ccc(-c2nc(C)c(C)c(=O)[nH]2)c(Br)c1. The maximum absolute atomic E-state index is 11.7. The Kier molecular flexibility index (Phi) is 3.15. The zero-order chi connectivity index (χ0) is 12.6. The molecular formula is C13H13BrN2O. The molecule has 1 heterocycles. The van der Waals surface area contributed by atoms with Gasteiger partial charge < -0.3 is 4.98 Å². The van der Waals surface area contributed by atoms with E-state index < -0.39 is 0 Å². The molecule has 0 amide bonds. The lowest BCUT2D eigenvalue weighted by atomic mass is 10.1. The van der Waals surface area contributed by atoms with Crippen molar-refractivity contribution < 1.29 is 0 Å². The zero-order valence-electron chi connectivity index (χ0n) is 9.97. The molecule has 0 aliphatic heterocycles. The van der Waals surface area contributed by atoms with Gasteiger partial charge in [0.2, 0.25) is 0 Å². The van der Waals surface area contributed by atoms with Gasteiger partial charge in [-0.15, -0.1) is 0 Å². The third-order valence-corrected chi connectivity index (χ3v) is 3.43. The third kappa shape index (κ3) is 2.31. The minimum absolute atomic E-state index is 0.0834. The summed E-state index contributed by atoms with van der Waals surface area (Å²) in [7, 11) is 0. The van der Waals surface area contributed by atoms with E-state index in [1.54, 1.807) is 6.92 Å². The van der Waals surface area contributed by atoms with Gasteiger partial charge in [0.25, 0.3) is 5.56 Å². The maximum atomic E-state index is 11.7. The number of hydrogen-bond acceptors (Lipinski definition) is 2. The molecular weight excluding hydrogens is 280 g/mol. The molecule has 17 heavy (non-hydrogen) atoms. The van der Waals surface area contributed by atoms with Gasteiger partial charge in [-0.2, -0.15) is 0 Å². The van der Waals surface area contributed by atoms with Crippen molar-refractivity contribution in [3.05, 3.63) is 49.8 Å². The van der Waals surface area contributed by atoms with Crippen molar-refractivity contribution in [1.29, 1.82) is 0 Å². The van der Waals surface area contributed by atoms with Crippen LogP contribution in [-0.2, 0) is 0 Å². The summed E-state index contributed by atoms with van der Waals surface area (Å²) in [6.07, 6.45) is 0. The Hall–Kier alpha value is -1.42. The van der Waals surface area contributed by atoms with Crippen LogP contribution < -0.4 is 5.56 Å². The predicted molar refractivity (Wildman–Crippen MR) is 72.2 cm³/mol. The van der Waals surface area contributed by atoms with Crippen LogP contribution in [0.15, 0.2) is 27.5 Å². The number of halogens is 1. The van der Waals surface area contributed by atoms with E-state index in [2.05, 4.69) is 25.9 Å². The van der Waals surface area contributed by atoms with Crippen LogP contribution in [0.4, 0.5) is 0 Å². The summed E-state index contributed by atoms with van der Waals surface area (Å²) in [4.78, 5) is 18.9. The first kappa shape index (κ1) is 12.0. The molecule has 1 N–H and O–H groups in total. The van der Waals surface area contributed by atoms with Crippen LogP contribution in [0.5, 0.6) is 0 Å². The number of hydrogen-bond donors (Lipinski definition) is 1. The quantitative estimate of drug-likeness (QED) is 0.878. The summed E-state index contributed by atoms with van der Waals surface area (Å²) in [6.45, 7) is 5.64. The van der Waals surface area contributed by atoms with Gasteiger partial charge in [-0.25, -0.2) is 4.98 Å². The van der Waals surface area contributed by atoms with Crippen molar-refractivity contribution in [3.63, 3.8) is 0 Å². The molecule has 3 nitrogen and oxygen atoms in total. The summed E-state index contributed by atoms with van der Waals surface area (Å²) < 4.78 is 0.934. The Labute approximate surface area is 108 Å². The average molecular weight is 293 g/mol. The number of aromatic nitrogens is 2. The minimum Gasteiger partial charge on any atom is -0.306 e. The normalized spacial score (nSPS) is 10.6. The van der Waals surface area contributed by atoms with Crippen molar-refractivity contribution in [1.82, 2.24) is 9.97 Å². The highest BCUT2D eigenvalue weighted by Crippen LogP contribution is 2.26. The van der Waals surface area contributed by atoms with Crippen LogP contribution in [0.2, 0.25) is 0 Å². The number of benzene rings is 1. The molecule has 2 aromatic rings. The third-order valence-electron chi connectivity index (χ3n) is 2.77. The van der Waals surface area contributed by atoms with E-state index in [0.29, 0.717) is 11.4 Å². The lowest BCUT2D eigenvalue weighted by molar-refractivity contribution is 1.03. The smallest absolute Gasteiger partial charge is 0.254 e. The van der Waals surface area contributed by atoms with Crippen LogP contribution in [0, 0.1) is 20.8 Å². The van der Waals surface area contributed by atoms with E-state index in [0.717, 1.165) is 21.3 Å². The highest BCUT2D eigenvalue weighted by Gasteiger charge is 2.08. The van der Waals surface area contributed by atoms with Gasteiger partial charge in [0.05, 0.1) is 0 Å². The summed E-state index contributed by atoms with van der Waals surface area (Å²) in [5.74, 6) is 0.602. The molecule has 0 saturated carbocycles. The summed E-state index contributed by atoms with van der Waals surface area (Å²) in [5, 5.41) is 0. The molecule has 88 valence electrons. The van der Waals surface area contributed by atoms with Gasteiger partial charge in [-0.05, 0) is 38.5 Å². The number of nitrogens with zero attached hydrogens (tertiary/aromatic N) is 1. The first-order chi connectivity index (χ1) is 7.99. The Morgan fingerprint density at radius 1 is 1.24 bits per heavy atom. The fraction of sp³-hybridized carbons (Fsp3) is 0.231. The van der Waals surface area contributed by atoms with Gasteiger partial charge in [0, 0.05) is 21.3 Å². The average Bonchev–Trinajstić information content (AvgIpc) is 2.25. The Bertz CT molecular complexity index is 632. The van der Waals surface area contributed by atoms with Gasteiger partial charge in [0.15, 0.2) is 0 Å². The number of nitrogens with one attached hydrogen (secondary N) is 1. The van der Waals surface area contributed by atoms with Crippen LogP contribution in [0.25, 0.3) is 11.4 Å². The highest BCUT2D eigenvalue weighted by atomic mass is 79.9. The number of aryl methyl sites for hydroxylation is 2. The lowest BCUT2D eigenvalue weighted by Crippen LogP contribution is -2.14. The molecule has 0 aliphatic rings. The largest absolute Gasteiger partial charge is 0.306 e. The van der Waals surface area contributed by atoms with Crippen molar-refractivity contribution in [2.45, 2.75) is 20.8 Å². The van der Waals surface area contributed by atoms with Gasteiger partial charge in [0.1, 0.15) is 5.82 Å². The first-order valence-electron chi connectivity index (χ1n) is 5.33. The minimum atomic E-state index is -0.0834. The molecule has 0 fully saturated rings. The molecule has 4 heteroatoms. The van der Waals surface area contributed by atoms with E-state index in [1.165, 1.54) is 0 Å². The van der Waals surface area contributed by atoms with Crippen molar-refractivity contribution >= 4 is 15.9 Å². The Morgan fingerprint density at radius 3 is 2.53 bits per heavy atom. The maximum Gasteiger partial charge on any atom is 0.254 e. The number of rotatable bonds is 1. The molecule has 1 aromatic carbocycles. The molecule has 0 bridgehead atoms. The number of aromatic amines is 1. The van der Waals surface area contributed by atoms with E-state index in [-0.39, 0.29) is 5.56 Å². The summed E-state index contributed by atoms with van der Waals surface area (Å²) in [6, 6.07) is 5.95. The second-order valence-corrected chi connectivity index (χ2v) is 4.96. The molecule has 0 spiro atoms. The monoisotopic (exact) mass is 292 g/mol. The van der Waals surface area contributed by atoms with Crippen LogP contribution >= 0.6 is 15.9 Å². The molecule has 0 atom stereocenters. The van der Waals surface area contributed by atoms with Gasteiger partial charge in [-0.3, -0.25) is 4.79 Å². The van der Waals surface area contributed by atoms with Crippen LogP contribution in [0.1, 0.15) is 16.8 Å². The molecule has 0 radical (unpaired) electrons. The van der Waals surface area contributed by atoms with E-state index in [1.807, 2.05) is 32.0 Å². The fourth-order valence-electron chi connectivity index (χ4n) is 1.58. The lowest BCUT2D eigenvalue weighted by Gasteiger charge is -2.07. The molecule has 0 saturated heterocycles. The predicted octanol–water partition coefficient (Wildman–Crippen LogP) is 3.12. The number of H-pyrrole nitrogens is 1. The van der Waals surface area contributed by atoms with E-state index in [4.69, 9.17) is 0 Å². The van der Waals surface area contributed by atoms with Gasteiger partial charge >= 0.3 is 0 Å². The van der Waals surface area contributed by atoms with Gasteiger partial charge in [-0.1, -0.05) is 22.0 Å². The Morgan fingerprint density at radius 2 is 1.94 bits per heavy atom.